The van der Waals surface area contributed by atoms with Crippen LogP contribution in [0.25, 0.3) is 0 Å². The van der Waals surface area contributed by atoms with Crippen molar-refractivity contribution in [3.8, 4) is 0 Å². The quantitative estimate of drug-likeness (QED) is 0.860. The summed E-state index contributed by atoms with van der Waals surface area (Å²) in [5.41, 5.74) is 0. The van der Waals surface area contributed by atoms with E-state index < -0.39 is 0 Å². The number of urea groups is 1. The fourth-order valence-electron chi connectivity index (χ4n) is 3.80. The molecule has 0 bridgehead atoms. The van der Waals surface area contributed by atoms with Crippen molar-refractivity contribution < 1.29 is 18.8 Å². The Morgan fingerprint density at radius 1 is 0.963 bits per heavy atom. The highest BCUT2D eigenvalue weighted by atomic mass is 16.3. The van der Waals surface area contributed by atoms with Gasteiger partial charge in [-0.2, -0.15) is 0 Å². The third-order valence-corrected chi connectivity index (χ3v) is 5.57. The van der Waals surface area contributed by atoms with Crippen molar-refractivity contribution in [2.45, 2.75) is 31.7 Å². The largest absolute Gasteiger partial charge is 0.459 e. The summed E-state index contributed by atoms with van der Waals surface area (Å²) in [5.74, 6) is 0.159. The molecule has 4 rings (SSSR count). The Labute approximate surface area is 158 Å². The third kappa shape index (κ3) is 4.09. The van der Waals surface area contributed by atoms with Crippen LogP contribution in [-0.4, -0.2) is 77.9 Å². The van der Waals surface area contributed by atoms with Gasteiger partial charge in [-0.15, -0.1) is 0 Å². The maximum atomic E-state index is 12.9. The van der Waals surface area contributed by atoms with Gasteiger partial charge in [-0.1, -0.05) is 0 Å². The lowest BCUT2D eigenvalue weighted by atomic mass is 9.96. The number of carbonyl (C=O) groups excluding carboxylic acids is 3. The zero-order valence-corrected chi connectivity index (χ0v) is 15.4. The van der Waals surface area contributed by atoms with E-state index in [-0.39, 0.29) is 23.8 Å². The standard InChI is InChI=1S/C19H26N4O4/c24-17(14-3-1-7-23(13-14)19(26)20-15-5-6-15)21-8-10-22(11-9-21)18(25)16-4-2-12-27-16/h2,4,12,14-15H,1,3,5-11,13H2,(H,20,26). The van der Waals surface area contributed by atoms with Crippen LogP contribution in [0.1, 0.15) is 36.2 Å². The van der Waals surface area contributed by atoms with Gasteiger partial charge in [-0.3, -0.25) is 9.59 Å². The molecule has 1 N–H and O–H groups in total. The highest BCUT2D eigenvalue weighted by molar-refractivity contribution is 5.91. The van der Waals surface area contributed by atoms with Crippen molar-refractivity contribution in [2.24, 2.45) is 5.92 Å². The molecule has 0 aromatic carbocycles. The lowest BCUT2D eigenvalue weighted by Gasteiger charge is -2.38. The molecule has 2 aliphatic heterocycles. The SMILES string of the molecule is O=C(NC1CC1)N1CCCC(C(=O)N2CCN(C(=O)c3ccco3)CC2)C1. The summed E-state index contributed by atoms with van der Waals surface area (Å²) < 4.78 is 5.17. The summed E-state index contributed by atoms with van der Waals surface area (Å²) in [5, 5.41) is 3.00. The number of piperidine rings is 1. The molecule has 0 spiro atoms. The van der Waals surface area contributed by atoms with E-state index in [0.29, 0.717) is 51.1 Å². The predicted octanol–water partition coefficient (Wildman–Crippen LogP) is 1.15. The molecule has 3 aliphatic rings. The van der Waals surface area contributed by atoms with Gasteiger partial charge in [-0.05, 0) is 37.8 Å². The van der Waals surface area contributed by atoms with Gasteiger partial charge in [0, 0.05) is 45.3 Å². The molecule has 1 unspecified atom stereocenters. The first kappa shape index (κ1) is 17.9. The van der Waals surface area contributed by atoms with E-state index in [1.165, 1.54) is 6.26 Å². The minimum absolute atomic E-state index is 0.0381. The zero-order valence-electron chi connectivity index (χ0n) is 15.4. The monoisotopic (exact) mass is 374 g/mol. The van der Waals surface area contributed by atoms with Gasteiger partial charge in [0.1, 0.15) is 0 Å². The van der Waals surface area contributed by atoms with Gasteiger partial charge >= 0.3 is 6.03 Å². The Hall–Kier alpha value is -2.51. The van der Waals surface area contributed by atoms with Crippen LogP contribution in [0.2, 0.25) is 0 Å². The first-order valence-corrected chi connectivity index (χ1v) is 9.79. The molecular formula is C19H26N4O4. The van der Waals surface area contributed by atoms with E-state index in [1.54, 1.807) is 21.9 Å². The fourth-order valence-corrected chi connectivity index (χ4v) is 3.80. The number of hydrogen-bond donors (Lipinski definition) is 1. The first-order chi connectivity index (χ1) is 13.1. The molecule has 1 aliphatic carbocycles. The first-order valence-electron chi connectivity index (χ1n) is 9.79. The normalized spacial score (nSPS) is 23.3. The Morgan fingerprint density at radius 2 is 1.70 bits per heavy atom. The van der Waals surface area contributed by atoms with Crippen molar-refractivity contribution in [1.29, 1.82) is 0 Å². The van der Waals surface area contributed by atoms with Gasteiger partial charge in [0.15, 0.2) is 5.76 Å². The van der Waals surface area contributed by atoms with E-state index >= 15 is 0 Å². The Morgan fingerprint density at radius 3 is 2.37 bits per heavy atom. The second-order valence-electron chi connectivity index (χ2n) is 7.60. The number of nitrogens with one attached hydrogen (secondary N) is 1. The summed E-state index contributed by atoms with van der Waals surface area (Å²) in [7, 11) is 0. The molecule has 1 aromatic rings. The molecule has 8 heteroatoms. The molecule has 0 radical (unpaired) electrons. The number of piperazine rings is 1. The minimum atomic E-state index is -0.143. The molecule has 8 nitrogen and oxygen atoms in total. The van der Waals surface area contributed by atoms with E-state index in [4.69, 9.17) is 4.42 Å². The molecule has 1 saturated carbocycles. The third-order valence-electron chi connectivity index (χ3n) is 5.57. The van der Waals surface area contributed by atoms with Crippen molar-refractivity contribution in [3.05, 3.63) is 24.2 Å². The maximum Gasteiger partial charge on any atom is 0.317 e. The van der Waals surface area contributed by atoms with Crippen LogP contribution in [0.3, 0.4) is 0 Å². The average molecular weight is 374 g/mol. The van der Waals surface area contributed by atoms with Gasteiger partial charge in [0.05, 0.1) is 12.2 Å². The minimum Gasteiger partial charge on any atom is -0.459 e. The molecule has 1 aromatic heterocycles. The molecule has 3 fully saturated rings. The van der Waals surface area contributed by atoms with Gasteiger partial charge in [0.2, 0.25) is 5.91 Å². The van der Waals surface area contributed by atoms with Crippen LogP contribution >= 0.6 is 0 Å². The van der Waals surface area contributed by atoms with E-state index in [0.717, 1.165) is 25.7 Å². The Bertz CT molecular complexity index is 693. The lowest BCUT2D eigenvalue weighted by Crippen LogP contribution is -2.54. The summed E-state index contributed by atoms with van der Waals surface area (Å²) in [6, 6.07) is 3.64. The fraction of sp³-hybridized carbons (Fsp3) is 0.632. The second kappa shape index (κ2) is 7.62. The van der Waals surface area contributed by atoms with Gasteiger partial charge in [-0.25, -0.2) is 4.79 Å². The molecular weight excluding hydrogens is 348 g/mol. The highest BCUT2D eigenvalue weighted by Crippen LogP contribution is 2.23. The smallest absolute Gasteiger partial charge is 0.317 e. The number of likely N-dealkylation sites (tertiary alicyclic amines) is 1. The van der Waals surface area contributed by atoms with Gasteiger partial charge < -0.3 is 24.4 Å². The number of amides is 4. The van der Waals surface area contributed by atoms with Crippen molar-refractivity contribution in [1.82, 2.24) is 20.0 Å². The van der Waals surface area contributed by atoms with Crippen LogP contribution in [0.4, 0.5) is 4.79 Å². The molecule has 146 valence electrons. The van der Waals surface area contributed by atoms with Crippen LogP contribution in [-0.2, 0) is 4.79 Å². The second-order valence-corrected chi connectivity index (χ2v) is 7.60. The van der Waals surface area contributed by atoms with E-state index in [1.807, 2.05) is 4.90 Å². The average Bonchev–Trinajstić information content (AvgIpc) is 3.35. The van der Waals surface area contributed by atoms with Crippen LogP contribution in [0, 0.1) is 5.92 Å². The summed E-state index contributed by atoms with van der Waals surface area (Å²) in [6.07, 6.45) is 5.27. The van der Waals surface area contributed by atoms with Crippen molar-refractivity contribution in [2.75, 3.05) is 39.3 Å². The summed E-state index contributed by atoms with van der Waals surface area (Å²) >= 11 is 0. The van der Waals surface area contributed by atoms with Crippen molar-refractivity contribution >= 4 is 17.8 Å². The molecule has 2 saturated heterocycles. The number of carbonyl (C=O) groups is 3. The predicted molar refractivity (Wildman–Crippen MR) is 97.0 cm³/mol. The molecule has 1 atom stereocenters. The topological polar surface area (TPSA) is 86.1 Å². The summed E-state index contributed by atoms with van der Waals surface area (Å²) in [6.45, 7) is 3.26. The number of rotatable bonds is 3. The Kier molecular flexibility index (Phi) is 5.05. The Balaban J connectivity index is 1.28. The van der Waals surface area contributed by atoms with Gasteiger partial charge in [0.25, 0.3) is 5.91 Å². The lowest BCUT2D eigenvalue weighted by molar-refractivity contribution is -0.138. The maximum absolute atomic E-state index is 12.9. The number of nitrogens with zero attached hydrogens (tertiary/aromatic N) is 3. The van der Waals surface area contributed by atoms with Crippen LogP contribution in [0.5, 0.6) is 0 Å². The van der Waals surface area contributed by atoms with Crippen molar-refractivity contribution in [3.63, 3.8) is 0 Å². The number of hydrogen-bond acceptors (Lipinski definition) is 4. The molecule has 3 heterocycles. The number of furan rings is 1. The van der Waals surface area contributed by atoms with E-state index in [9.17, 15) is 14.4 Å². The molecule has 27 heavy (non-hydrogen) atoms. The zero-order chi connectivity index (χ0) is 18.8. The van der Waals surface area contributed by atoms with Crippen LogP contribution < -0.4 is 5.32 Å². The molecule has 4 amide bonds. The highest BCUT2D eigenvalue weighted by Gasteiger charge is 2.34. The summed E-state index contributed by atoms with van der Waals surface area (Å²) in [4.78, 5) is 42.8. The van der Waals surface area contributed by atoms with E-state index in [2.05, 4.69) is 5.32 Å². The van der Waals surface area contributed by atoms with Crippen LogP contribution in [0.15, 0.2) is 22.8 Å².